The van der Waals surface area contributed by atoms with Crippen molar-refractivity contribution in [3.63, 3.8) is 0 Å². The van der Waals surface area contributed by atoms with Crippen LogP contribution in [0.3, 0.4) is 0 Å². The summed E-state index contributed by atoms with van der Waals surface area (Å²) in [5, 5.41) is 3.92. The average molecular weight is 388 g/mol. The maximum Gasteiger partial charge on any atom is 0.360 e. The largest absolute Gasteiger partial charge is 0.464 e. The molecule has 0 radical (unpaired) electrons. The Labute approximate surface area is 157 Å². The second-order valence-corrected chi connectivity index (χ2v) is 7.38. The van der Waals surface area contributed by atoms with E-state index in [9.17, 15) is 4.79 Å². The Bertz CT molecular complexity index is 522. The van der Waals surface area contributed by atoms with Crippen molar-refractivity contribution in [3.8, 4) is 0 Å². The van der Waals surface area contributed by atoms with E-state index in [1.165, 1.54) is 7.11 Å². The first-order valence-electron chi connectivity index (χ1n) is 7.89. The van der Waals surface area contributed by atoms with Crippen LogP contribution in [0.1, 0.15) is 18.4 Å². The number of carbonyl (C=O) groups is 1. The molecule has 0 atom stereocenters. The van der Waals surface area contributed by atoms with E-state index in [4.69, 9.17) is 19.0 Å². The van der Waals surface area contributed by atoms with Crippen molar-refractivity contribution >= 4 is 33.3 Å². The fraction of sp³-hybridized carbons (Fsp3) is 0.529. The van der Waals surface area contributed by atoms with E-state index in [2.05, 4.69) is 5.16 Å². The third-order valence-electron chi connectivity index (χ3n) is 2.98. The Morgan fingerprint density at radius 1 is 1.00 bits per heavy atom. The molecule has 0 saturated heterocycles. The molecule has 0 unspecified atom stereocenters. The number of ether oxygens (including phenoxy) is 3. The van der Waals surface area contributed by atoms with Crippen LogP contribution < -0.4 is 0 Å². The molecule has 0 amide bonds. The lowest BCUT2D eigenvalue weighted by atomic mass is 10.1. The third kappa shape index (κ3) is 9.15. The van der Waals surface area contributed by atoms with Gasteiger partial charge in [0.05, 0.1) is 7.11 Å². The van der Waals surface area contributed by atoms with Crippen LogP contribution in [0.4, 0.5) is 0 Å². The van der Waals surface area contributed by atoms with Crippen molar-refractivity contribution in [1.29, 1.82) is 0 Å². The Kier molecular flexibility index (Phi) is 12.2. The zero-order chi connectivity index (χ0) is 18.3. The van der Waals surface area contributed by atoms with E-state index >= 15 is 0 Å². The van der Waals surface area contributed by atoms with Gasteiger partial charge in [0.25, 0.3) is 0 Å². The van der Waals surface area contributed by atoms with Gasteiger partial charge < -0.3 is 19.0 Å². The van der Waals surface area contributed by atoms with Gasteiger partial charge in [-0.25, -0.2) is 4.79 Å². The van der Waals surface area contributed by atoms with Gasteiger partial charge in [0.15, 0.2) is 5.71 Å². The van der Waals surface area contributed by atoms with Crippen molar-refractivity contribution in [1.82, 2.24) is 0 Å². The fourth-order valence-corrected chi connectivity index (χ4v) is 3.77. The predicted octanol–water partition coefficient (Wildman–Crippen LogP) is 3.39. The van der Waals surface area contributed by atoms with E-state index in [1.807, 2.05) is 24.3 Å². The fourth-order valence-electron chi connectivity index (χ4n) is 1.72. The molecule has 25 heavy (non-hydrogen) atoms. The highest BCUT2D eigenvalue weighted by atomic mass is 33.1. The number of carbonyl (C=O) groups excluding carboxylic acids is 1. The summed E-state index contributed by atoms with van der Waals surface area (Å²) in [4.78, 5) is 18.2. The van der Waals surface area contributed by atoms with Crippen molar-refractivity contribution in [3.05, 3.63) is 29.8 Å². The van der Waals surface area contributed by atoms with Gasteiger partial charge in [0, 0.05) is 50.1 Å². The normalized spacial score (nSPS) is 11.4. The Morgan fingerprint density at radius 2 is 1.68 bits per heavy atom. The molecule has 0 bridgehead atoms. The number of oxime groups is 1. The summed E-state index contributed by atoms with van der Waals surface area (Å²) < 4.78 is 14.7. The molecule has 1 aromatic carbocycles. The van der Waals surface area contributed by atoms with Crippen LogP contribution in [-0.2, 0) is 23.8 Å². The summed E-state index contributed by atoms with van der Waals surface area (Å²) >= 11 is 0. The van der Waals surface area contributed by atoms with Crippen LogP contribution >= 0.6 is 21.6 Å². The van der Waals surface area contributed by atoms with E-state index in [0.29, 0.717) is 25.2 Å². The summed E-state index contributed by atoms with van der Waals surface area (Å²) in [7, 11) is 8.12. The van der Waals surface area contributed by atoms with Gasteiger partial charge in [-0.2, -0.15) is 0 Å². The van der Waals surface area contributed by atoms with Gasteiger partial charge >= 0.3 is 5.97 Å². The van der Waals surface area contributed by atoms with Crippen molar-refractivity contribution in [2.75, 3.05) is 46.9 Å². The minimum Gasteiger partial charge on any atom is -0.464 e. The van der Waals surface area contributed by atoms with Gasteiger partial charge in [0.2, 0.25) is 0 Å². The van der Waals surface area contributed by atoms with Gasteiger partial charge in [-0.05, 0) is 18.6 Å². The summed E-state index contributed by atoms with van der Waals surface area (Å²) in [6.45, 7) is 1.73. The molecule has 6 nitrogen and oxygen atoms in total. The number of nitrogens with zero attached hydrogens (tertiary/aromatic N) is 1. The van der Waals surface area contributed by atoms with Gasteiger partial charge in [-0.1, -0.05) is 38.9 Å². The van der Waals surface area contributed by atoms with Crippen molar-refractivity contribution < 1.29 is 23.8 Å². The first-order valence-corrected chi connectivity index (χ1v) is 10.2. The van der Waals surface area contributed by atoms with Crippen LogP contribution in [0.25, 0.3) is 0 Å². The summed E-state index contributed by atoms with van der Waals surface area (Å²) in [5.74, 6) is 0.492. The van der Waals surface area contributed by atoms with Gasteiger partial charge in [-0.3, -0.25) is 0 Å². The first kappa shape index (κ1) is 21.8. The molecule has 1 aromatic rings. The molecule has 0 heterocycles. The van der Waals surface area contributed by atoms with E-state index in [0.717, 1.165) is 23.7 Å². The maximum absolute atomic E-state index is 11.9. The molecule has 0 fully saturated rings. The van der Waals surface area contributed by atoms with Crippen LogP contribution in [0.2, 0.25) is 0 Å². The highest BCUT2D eigenvalue weighted by Gasteiger charge is 2.15. The average Bonchev–Trinajstić information content (AvgIpc) is 2.65. The molecule has 0 aliphatic rings. The number of benzene rings is 1. The zero-order valence-corrected chi connectivity index (χ0v) is 16.5. The number of hydrogen-bond donors (Lipinski definition) is 0. The molecule has 0 aliphatic carbocycles. The van der Waals surface area contributed by atoms with Crippen molar-refractivity contribution in [2.45, 2.75) is 17.7 Å². The SMILES string of the molecule is COCCCO/N=C(/C(=O)OC)c1ccc(SSCCCOC)cc1. The Balaban J connectivity index is 2.60. The molecule has 0 aromatic heterocycles. The van der Waals surface area contributed by atoms with E-state index < -0.39 is 5.97 Å². The third-order valence-corrected chi connectivity index (χ3v) is 5.45. The predicted molar refractivity (Wildman–Crippen MR) is 102 cm³/mol. The van der Waals surface area contributed by atoms with Crippen LogP contribution in [-0.4, -0.2) is 58.6 Å². The highest BCUT2D eigenvalue weighted by molar-refractivity contribution is 8.76. The van der Waals surface area contributed by atoms with Crippen LogP contribution in [0, 0.1) is 0 Å². The second kappa shape index (κ2) is 14.0. The van der Waals surface area contributed by atoms with Gasteiger partial charge in [-0.15, -0.1) is 0 Å². The van der Waals surface area contributed by atoms with Crippen LogP contribution in [0.5, 0.6) is 0 Å². The quantitative estimate of drug-likeness (QED) is 0.169. The first-order chi connectivity index (χ1) is 12.2. The molecule has 8 heteroatoms. The molecular weight excluding hydrogens is 362 g/mol. The molecule has 140 valence electrons. The Morgan fingerprint density at radius 3 is 2.32 bits per heavy atom. The van der Waals surface area contributed by atoms with Crippen LogP contribution in [0.15, 0.2) is 34.3 Å². The number of esters is 1. The second-order valence-electron chi connectivity index (χ2n) is 4.89. The standard InChI is InChI=1S/C17H25NO5S2/c1-20-10-4-12-23-18-16(17(19)22-3)14-6-8-15(9-7-14)25-24-13-5-11-21-2/h6-9H,4-5,10-13H2,1-3H3/b18-16+. The van der Waals surface area contributed by atoms with E-state index in [-0.39, 0.29) is 5.71 Å². The molecule has 0 aliphatic heterocycles. The summed E-state index contributed by atoms with van der Waals surface area (Å²) in [5.41, 5.74) is 0.816. The lowest BCUT2D eigenvalue weighted by molar-refractivity contribution is -0.132. The number of methoxy groups -OCH3 is 3. The van der Waals surface area contributed by atoms with Gasteiger partial charge in [0.1, 0.15) is 6.61 Å². The number of rotatable bonds is 13. The molecular formula is C17H25NO5S2. The lowest BCUT2D eigenvalue weighted by Crippen LogP contribution is -2.18. The topological polar surface area (TPSA) is 66.4 Å². The molecule has 0 spiro atoms. The molecule has 0 saturated carbocycles. The summed E-state index contributed by atoms with van der Waals surface area (Å²) in [6, 6.07) is 7.58. The lowest BCUT2D eigenvalue weighted by Gasteiger charge is -2.06. The highest BCUT2D eigenvalue weighted by Crippen LogP contribution is 2.31. The molecule has 1 rings (SSSR count). The monoisotopic (exact) mass is 387 g/mol. The number of hydrogen-bond acceptors (Lipinski definition) is 8. The minimum atomic E-state index is -0.527. The maximum atomic E-state index is 11.9. The van der Waals surface area contributed by atoms with Crippen molar-refractivity contribution in [2.24, 2.45) is 5.16 Å². The van der Waals surface area contributed by atoms with E-state index in [1.54, 1.807) is 35.8 Å². The Hall–Kier alpha value is -1.22. The molecule has 0 N–H and O–H groups in total. The summed E-state index contributed by atoms with van der Waals surface area (Å²) in [6.07, 6.45) is 1.72. The zero-order valence-electron chi connectivity index (χ0n) is 14.9. The smallest absolute Gasteiger partial charge is 0.360 e. The minimum absolute atomic E-state index is 0.157.